The molecule has 3 aromatic rings. The summed E-state index contributed by atoms with van der Waals surface area (Å²) >= 11 is 0. The molecule has 0 aromatic heterocycles. The van der Waals surface area contributed by atoms with Gasteiger partial charge in [0.25, 0.3) is 0 Å². The summed E-state index contributed by atoms with van der Waals surface area (Å²) in [5.41, 5.74) is 3.49. The number of Topliss-reactive ketones (excluding diaryl/α,β-unsaturated/α-hetero) is 1. The van der Waals surface area contributed by atoms with E-state index in [0.29, 0.717) is 5.56 Å². The van der Waals surface area contributed by atoms with Crippen molar-refractivity contribution in [2.24, 2.45) is 0 Å². The number of amides is 1. The number of rotatable bonds is 9. The highest BCUT2D eigenvalue weighted by atomic mass is 32.2. The van der Waals surface area contributed by atoms with Crippen LogP contribution >= 0.6 is 0 Å². The van der Waals surface area contributed by atoms with Gasteiger partial charge in [-0.25, -0.2) is 13.1 Å². The number of hydrogen-bond donors (Lipinski definition) is 2. The van der Waals surface area contributed by atoms with Gasteiger partial charge in [0, 0.05) is 18.5 Å². The number of benzene rings is 3. The monoisotopic (exact) mass is 450 g/mol. The van der Waals surface area contributed by atoms with Crippen molar-refractivity contribution in [3.05, 3.63) is 90.0 Å². The molecule has 1 amide bonds. The van der Waals surface area contributed by atoms with E-state index in [9.17, 15) is 18.0 Å². The molecular weight excluding hydrogens is 424 g/mol. The molecule has 0 bridgehead atoms. The molecule has 0 aliphatic heterocycles. The Morgan fingerprint density at radius 1 is 0.875 bits per heavy atom. The van der Waals surface area contributed by atoms with E-state index in [4.69, 9.17) is 0 Å². The molecule has 3 aromatic carbocycles. The Morgan fingerprint density at radius 2 is 1.53 bits per heavy atom. The van der Waals surface area contributed by atoms with Crippen molar-refractivity contribution in [1.82, 2.24) is 10.0 Å². The van der Waals surface area contributed by atoms with Crippen LogP contribution in [-0.2, 0) is 14.8 Å². The zero-order valence-corrected chi connectivity index (χ0v) is 18.9. The van der Waals surface area contributed by atoms with Crippen LogP contribution in [0.25, 0.3) is 11.1 Å². The van der Waals surface area contributed by atoms with Crippen LogP contribution in [0.15, 0.2) is 83.8 Å². The van der Waals surface area contributed by atoms with Gasteiger partial charge in [0.05, 0.1) is 10.9 Å². The Balaban J connectivity index is 1.52. The van der Waals surface area contributed by atoms with Gasteiger partial charge in [-0.05, 0) is 42.7 Å². The Morgan fingerprint density at radius 3 is 2.19 bits per heavy atom. The van der Waals surface area contributed by atoms with Crippen LogP contribution in [0.5, 0.6) is 0 Å². The van der Waals surface area contributed by atoms with Crippen LogP contribution in [0.1, 0.15) is 42.2 Å². The van der Waals surface area contributed by atoms with Crippen molar-refractivity contribution in [2.45, 2.75) is 31.2 Å². The minimum absolute atomic E-state index is 0.00192. The molecule has 0 aliphatic carbocycles. The summed E-state index contributed by atoms with van der Waals surface area (Å²) in [5.74, 6) is -0.475. The van der Waals surface area contributed by atoms with Gasteiger partial charge in [0.1, 0.15) is 0 Å². The second kappa shape index (κ2) is 10.3. The summed E-state index contributed by atoms with van der Waals surface area (Å²) < 4.78 is 27.3. The third-order valence-corrected chi connectivity index (χ3v) is 6.55. The SMILES string of the molecule is CC(=O)c1cccc(S(=O)(=O)NCCC(=O)N[C@H](C)c2ccc(-c3ccccc3)cc2)c1. The molecule has 2 N–H and O–H groups in total. The Bertz CT molecular complexity index is 1190. The highest BCUT2D eigenvalue weighted by molar-refractivity contribution is 7.89. The van der Waals surface area contributed by atoms with Crippen molar-refractivity contribution in [1.29, 1.82) is 0 Å². The molecular formula is C25H26N2O4S. The van der Waals surface area contributed by atoms with Gasteiger partial charge < -0.3 is 5.32 Å². The van der Waals surface area contributed by atoms with Gasteiger partial charge in [-0.2, -0.15) is 0 Å². The molecule has 0 heterocycles. The summed E-state index contributed by atoms with van der Waals surface area (Å²) in [6, 6.07) is 23.6. The second-order valence-electron chi connectivity index (χ2n) is 7.51. The average Bonchev–Trinajstić information content (AvgIpc) is 2.79. The van der Waals surface area contributed by atoms with E-state index in [1.807, 2.05) is 61.5 Å². The maximum absolute atomic E-state index is 12.4. The normalized spacial score (nSPS) is 12.2. The summed E-state index contributed by atoms with van der Waals surface area (Å²) in [7, 11) is -3.81. The number of carbonyl (C=O) groups is 2. The molecule has 1 atom stereocenters. The Kier molecular flexibility index (Phi) is 7.56. The van der Waals surface area contributed by atoms with Crippen LogP contribution in [0.4, 0.5) is 0 Å². The summed E-state index contributed by atoms with van der Waals surface area (Å²) in [6.45, 7) is 3.21. The smallest absolute Gasteiger partial charge is 0.240 e. The molecule has 3 rings (SSSR count). The fourth-order valence-electron chi connectivity index (χ4n) is 3.26. The van der Waals surface area contributed by atoms with E-state index in [1.54, 1.807) is 6.07 Å². The Hall–Kier alpha value is -3.29. The van der Waals surface area contributed by atoms with Gasteiger partial charge in [-0.15, -0.1) is 0 Å². The molecule has 0 saturated heterocycles. The van der Waals surface area contributed by atoms with Crippen molar-refractivity contribution in [3.63, 3.8) is 0 Å². The predicted molar refractivity (Wildman–Crippen MR) is 125 cm³/mol. The third-order valence-electron chi connectivity index (χ3n) is 5.09. The molecule has 0 unspecified atom stereocenters. The number of nitrogens with one attached hydrogen (secondary N) is 2. The highest BCUT2D eigenvalue weighted by Crippen LogP contribution is 2.21. The lowest BCUT2D eigenvalue weighted by molar-refractivity contribution is -0.121. The van der Waals surface area contributed by atoms with Crippen molar-refractivity contribution in [3.8, 4) is 11.1 Å². The summed E-state index contributed by atoms with van der Waals surface area (Å²) in [5, 5.41) is 2.89. The molecule has 0 spiro atoms. The van der Waals surface area contributed by atoms with Crippen LogP contribution in [-0.4, -0.2) is 26.7 Å². The van der Waals surface area contributed by atoms with E-state index in [2.05, 4.69) is 10.0 Å². The fraction of sp³-hybridized carbons (Fsp3) is 0.200. The molecule has 166 valence electrons. The van der Waals surface area contributed by atoms with E-state index in [1.165, 1.54) is 25.1 Å². The van der Waals surface area contributed by atoms with Gasteiger partial charge in [0.15, 0.2) is 5.78 Å². The minimum Gasteiger partial charge on any atom is -0.350 e. The van der Waals surface area contributed by atoms with Crippen molar-refractivity contribution < 1.29 is 18.0 Å². The van der Waals surface area contributed by atoms with E-state index >= 15 is 0 Å². The molecule has 0 aliphatic rings. The molecule has 32 heavy (non-hydrogen) atoms. The molecule has 0 fully saturated rings. The van der Waals surface area contributed by atoms with Crippen LogP contribution in [0.3, 0.4) is 0 Å². The first-order valence-corrected chi connectivity index (χ1v) is 11.8. The third kappa shape index (κ3) is 6.12. The zero-order chi connectivity index (χ0) is 23.1. The average molecular weight is 451 g/mol. The van der Waals surface area contributed by atoms with Crippen LogP contribution in [0, 0.1) is 0 Å². The first-order valence-electron chi connectivity index (χ1n) is 10.3. The topological polar surface area (TPSA) is 92.3 Å². The van der Waals surface area contributed by atoms with E-state index in [0.717, 1.165) is 16.7 Å². The lowest BCUT2D eigenvalue weighted by Crippen LogP contribution is -2.32. The standard InChI is InChI=1S/C25H26N2O4S/c1-18(20-11-13-22(14-12-20)21-7-4-3-5-8-21)27-25(29)15-16-26-32(30,31)24-10-6-9-23(17-24)19(2)28/h3-14,17-18,26H,15-16H2,1-2H3,(H,27,29)/t18-/m1/s1. The predicted octanol–water partition coefficient (Wildman–Crippen LogP) is 4.10. The van der Waals surface area contributed by atoms with Gasteiger partial charge in [-0.3, -0.25) is 9.59 Å². The van der Waals surface area contributed by atoms with Gasteiger partial charge >= 0.3 is 0 Å². The molecule has 6 nitrogen and oxygen atoms in total. The molecule has 0 saturated carbocycles. The van der Waals surface area contributed by atoms with Crippen LogP contribution in [0.2, 0.25) is 0 Å². The molecule has 7 heteroatoms. The van der Waals surface area contributed by atoms with E-state index < -0.39 is 10.0 Å². The number of carbonyl (C=O) groups excluding carboxylic acids is 2. The Labute approximate surface area is 188 Å². The number of ketones is 1. The lowest BCUT2D eigenvalue weighted by atomic mass is 10.0. The van der Waals surface area contributed by atoms with Crippen molar-refractivity contribution >= 4 is 21.7 Å². The number of sulfonamides is 1. The first-order chi connectivity index (χ1) is 15.3. The number of hydrogen-bond acceptors (Lipinski definition) is 4. The zero-order valence-electron chi connectivity index (χ0n) is 18.0. The first kappa shape index (κ1) is 23.4. The second-order valence-corrected chi connectivity index (χ2v) is 9.28. The molecule has 0 radical (unpaired) electrons. The fourth-order valence-corrected chi connectivity index (χ4v) is 4.33. The van der Waals surface area contributed by atoms with Crippen molar-refractivity contribution in [2.75, 3.05) is 6.54 Å². The summed E-state index contributed by atoms with van der Waals surface area (Å²) in [4.78, 5) is 23.8. The maximum Gasteiger partial charge on any atom is 0.240 e. The quantitative estimate of drug-likeness (QED) is 0.480. The largest absolute Gasteiger partial charge is 0.350 e. The van der Waals surface area contributed by atoms with Gasteiger partial charge in [0.2, 0.25) is 15.9 Å². The van der Waals surface area contributed by atoms with Crippen LogP contribution < -0.4 is 10.0 Å². The van der Waals surface area contributed by atoms with Gasteiger partial charge in [-0.1, -0.05) is 66.7 Å². The maximum atomic E-state index is 12.4. The summed E-state index contributed by atoms with van der Waals surface area (Å²) in [6.07, 6.45) is -0.00192. The lowest BCUT2D eigenvalue weighted by Gasteiger charge is -2.15. The van der Waals surface area contributed by atoms with E-state index in [-0.39, 0.29) is 35.6 Å². The highest BCUT2D eigenvalue weighted by Gasteiger charge is 2.16. The minimum atomic E-state index is -3.81.